The molecule has 5 heteroatoms. The van der Waals surface area contributed by atoms with Gasteiger partial charge in [-0.25, -0.2) is 14.8 Å². The Labute approximate surface area is 121 Å². The van der Waals surface area contributed by atoms with Crippen LogP contribution >= 0.6 is 0 Å². The molecule has 0 amide bonds. The average molecular weight is 277 g/mol. The minimum atomic E-state index is -1.05. The van der Waals surface area contributed by atoms with E-state index >= 15 is 0 Å². The summed E-state index contributed by atoms with van der Waals surface area (Å²) in [5.41, 5.74) is 1.99. The molecule has 2 aromatic heterocycles. The molecule has 102 valence electrons. The Morgan fingerprint density at radius 3 is 2.33 bits per heavy atom. The molecule has 0 spiro atoms. The van der Waals surface area contributed by atoms with Gasteiger partial charge >= 0.3 is 5.97 Å². The van der Waals surface area contributed by atoms with Crippen molar-refractivity contribution >= 4 is 5.97 Å². The van der Waals surface area contributed by atoms with E-state index in [1.54, 1.807) is 24.5 Å². The molecule has 0 saturated heterocycles. The molecular weight excluding hydrogens is 266 g/mol. The number of carbonyl (C=O) groups is 1. The molecule has 0 aliphatic heterocycles. The minimum Gasteiger partial charge on any atom is -0.478 e. The third-order valence-corrected chi connectivity index (χ3v) is 3.00. The van der Waals surface area contributed by atoms with Gasteiger partial charge < -0.3 is 5.11 Å². The monoisotopic (exact) mass is 277 g/mol. The zero-order chi connectivity index (χ0) is 14.7. The summed E-state index contributed by atoms with van der Waals surface area (Å²) < 4.78 is 0. The lowest BCUT2D eigenvalue weighted by Crippen LogP contribution is -2.04. The number of carboxylic acids is 1. The second kappa shape index (κ2) is 5.50. The summed E-state index contributed by atoms with van der Waals surface area (Å²) in [7, 11) is 0. The molecule has 3 rings (SSSR count). The van der Waals surface area contributed by atoms with Crippen molar-refractivity contribution < 1.29 is 9.90 Å². The second-order valence-electron chi connectivity index (χ2n) is 4.36. The van der Waals surface area contributed by atoms with Gasteiger partial charge in [-0.05, 0) is 12.1 Å². The molecule has 0 saturated carbocycles. The van der Waals surface area contributed by atoms with Crippen LogP contribution in [0.5, 0.6) is 0 Å². The number of hydrogen-bond donors (Lipinski definition) is 1. The molecule has 0 bridgehead atoms. The predicted octanol–water partition coefficient (Wildman–Crippen LogP) is 2.90. The van der Waals surface area contributed by atoms with Gasteiger partial charge in [0.15, 0.2) is 5.82 Å². The molecule has 5 nitrogen and oxygen atoms in total. The van der Waals surface area contributed by atoms with Gasteiger partial charge in [0.2, 0.25) is 0 Å². The van der Waals surface area contributed by atoms with E-state index in [4.69, 9.17) is 0 Å². The Hall–Kier alpha value is -3.08. The smallest absolute Gasteiger partial charge is 0.339 e. The van der Waals surface area contributed by atoms with Crippen molar-refractivity contribution in [3.05, 3.63) is 66.6 Å². The van der Waals surface area contributed by atoms with Crippen molar-refractivity contribution in [3.8, 4) is 22.6 Å². The van der Waals surface area contributed by atoms with Crippen LogP contribution in [0.1, 0.15) is 10.4 Å². The van der Waals surface area contributed by atoms with E-state index in [0.717, 1.165) is 5.56 Å². The van der Waals surface area contributed by atoms with Crippen LogP contribution in [0, 0.1) is 0 Å². The van der Waals surface area contributed by atoms with Crippen molar-refractivity contribution in [1.29, 1.82) is 0 Å². The highest BCUT2D eigenvalue weighted by Gasteiger charge is 2.15. The summed E-state index contributed by atoms with van der Waals surface area (Å²) in [5, 5.41) is 9.29. The maximum atomic E-state index is 11.3. The zero-order valence-corrected chi connectivity index (χ0v) is 11.0. The summed E-state index contributed by atoms with van der Waals surface area (Å²) in [6, 6.07) is 12.9. The number of rotatable bonds is 3. The molecule has 21 heavy (non-hydrogen) atoms. The zero-order valence-electron chi connectivity index (χ0n) is 11.0. The lowest BCUT2D eigenvalue weighted by Gasteiger charge is -2.07. The summed E-state index contributed by atoms with van der Waals surface area (Å²) in [4.78, 5) is 23.8. The summed E-state index contributed by atoms with van der Waals surface area (Å²) in [6.07, 6.45) is 4.55. The standard InChI is InChI=1S/C16H11N3O2/c20-16(21)13-10-18-15(12-4-2-1-3-5-12)19-14(13)11-6-8-17-9-7-11/h1-10H,(H,20,21). The Kier molecular flexibility index (Phi) is 3.39. The van der Waals surface area contributed by atoms with Crippen molar-refractivity contribution in [2.45, 2.75) is 0 Å². The number of nitrogens with zero attached hydrogens (tertiary/aromatic N) is 3. The van der Waals surface area contributed by atoms with Gasteiger partial charge in [0.1, 0.15) is 5.56 Å². The quantitative estimate of drug-likeness (QED) is 0.796. The van der Waals surface area contributed by atoms with E-state index in [1.165, 1.54) is 6.20 Å². The fourth-order valence-corrected chi connectivity index (χ4v) is 1.99. The first-order valence-electron chi connectivity index (χ1n) is 6.32. The van der Waals surface area contributed by atoms with Crippen LogP contribution in [0.15, 0.2) is 61.1 Å². The number of aromatic carboxylic acids is 1. The summed E-state index contributed by atoms with van der Waals surface area (Å²) in [5.74, 6) is -0.561. The summed E-state index contributed by atoms with van der Waals surface area (Å²) in [6.45, 7) is 0. The maximum Gasteiger partial charge on any atom is 0.339 e. The third-order valence-electron chi connectivity index (χ3n) is 3.00. The topological polar surface area (TPSA) is 76.0 Å². The maximum absolute atomic E-state index is 11.3. The van der Waals surface area contributed by atoms with Crippen molar-refractivity contribution in [2.75, 3.05) is 0 Å². The predicted molar refractivity (Wildman–Crippen MR) is 77.7 cm³/mol. The van der Waals surface area contributed by atoms with Crippen molar-refractivity contribution in [3.63, 3.8) is 0 Å². The molecule has 1 aromatic carbocycles. The van der Waals surface area contributed by atoms with Crippen LogP contribution in [-0.2, 0) is 0 Å². The van der Waals surface area contributed by atoms with Crippen molar-refractivity contribution in [2.24, 2.45) is 0 Å². The van der Waals surface area contributed by atoms with Crippen LogP contribution in [0.25, 0.3) is 22.6 Å². The van der Waals surface area contributed by atoms with E-state index in [0.29, 0.717) is 17.1 Å². The molecule has 0 aliphatic rings. The number of benzene rings is 1. The van der Waals surface area contributed by atoms with E-state index in [2.05, 4.69) is 15.0 Å². The molecule has 2 heterocycles. The second-order valence-corrected chi connectivity index (χ2v) is 4.36. The van der Waals surface area contributed by atoms with Gasteiger partial charge in [-0.3, -0.25) is 4.98 Å². The molecule has 0 atom stereocenters. The Morgan fingerprint density at radius 2 is 1.67 bits per heavy atom. The van der Waals surface area contributed by atoms with E-state index in [9.17, 15) is 9.90 Å². The number of pyridine rings is 1. The first-order chi connectivity index (χ1) is 10.3. The molecule has 0 fully saturated rings. The van der Waals surface area contributed by atoms with Gasteiger partial charge in [-0.1, -0.05) is 30.3 Å². The number of carboxylic acid groups (broad SMARTS) is 1. The van der Waals surface area contributed by atoms with Gasteiger partial charge in [-0.15, -0.1) is 0 Å². The highest BCUT2D eigenvalue weighted by atomic mass is 16.4. The van der Waals surface area contributed by atoms with Crippen molar-refractivity contribution in [1.82, 2.24) is 15.0 Å². The molecule has 0 radical (unpaired) electrons. The lowest BCUT2D eigenvalue weighted by atomic mass is 10.1. The average Bonchev–Trinajstić information content (AvgIpc) is 2.56. The summed E-state index contributed by atoms with van der Waals surface area (Å²) >= 11 is 0. The SMILES string of the molecule is O=C(O)c1cnc(-c2ccccc2)nc1-c1ccncc1. The minimum absolute atomic E-state index is 0.0703. The highest BCUT2D eigenvalue weighted by molar-refractivity contribution is 5.94. The van der Waals surface area contributed by atoms with Gasteiger partial charge in [0.05, 0.1) is 5.69 Å². The molecule has 3 aromatic rings. The normalized spacial score (nSPS) is 10.3. The van der Waals surface area contributed by atoms with E-state index in [-0.39, 0.29) is 5.56 Å². The molecule has 0 aliphatic carbocycles. The molecular formula is C16H11N3O2. The van der Waals surface area contributed by atoms with Crippen LogP contribution in [0.2, 0.25) is 0 Å². The fourth-order valence-electron chi connectivity index (χ4n) is 1.99. The Morgan fingerprint density at radius 1 is 0.952 bits per heavy atom. The largest absolute Gasteiger partial charge is 0.478 e. The third kappa shape index (κ3) is 2.62. The van der Waals surface area contributed by atoms with Crippen LogP contribution in [-0.4, -0.2) is 26.0 Å². The highest BCUT2D eigenvalue weighted by Crippen LogP contribution is 2.24. The Bertz CT molecular complexity index is 774. The van der Waals surface area contributed by atoms with Crippen LogP contribution in [0.4, 0.5) is 0 Å². The van der Waals surface area contributed by atoms with Gasteiger partial charge in [-0.2, -0.15) is 0 Å². The van der Waals surface area contributed by atoms with Gasteiger partial charge in [0.25, 0.3) is 0 Å². The van der Waals surface area contributed by atoms with Crippen LogP contribution < -0.4 is 0 Å². The number of aromatic nitrogens is 3. The molecule has 1 N–H and O–H groups in total. The van der Waals surface area contributed by atoms with E-state index in [1.807, 2.05) is 30.3 Å². The number of hydrogen-bond acceptors (Lipinski definition) is 4. The fraction of sp³-hybridized carbons (Fsp3) is 0. The van der Waals surface area contributed by atoms with Gasteiger partial charge in [0, 0.05) is 29.7 Å². The van der Waals surface area contributed by atoms with Crippen LogP contribution in [0.3, 0.4) is 0 Å². The van der Waals surface area contributed by atoms with E-state index < -0.39 is 5.97 Å². The first kappa shape index (κ1) is 12.9. The Balaban J connectivity index is 2.18. The first-order valence-corrected chi connectivity index (χ1v) is 6.32. The lowest BCUT2D eigenvalue weighted by molar-refractivity contribution is 0.0697. The molecule has 0 unspecified atom stereocenters.